The van der Waals surface area contributed by atoms with Crippen molar-refractivity contribution in [1.29, 1.82) is 0 Å². The molecule has 116 valence electrons. The Hall–Kier alpha value is -1.78. The van der Waals surface area contributed by atoms with Crippen LogP contribution >= 0.6 is 0 Å². The summed E-state index contributed by atoms with van der Waals surface area (Å²) in [6, 6.07) is 1.80. The molecule has 1 aliphatic rings. The van der Waals surface area contributed by atoms with Crippen molar-refractivity contribution in [2.75, 3.05) is 19.6 Å². The maximum atomic E-state index is 12.6. The zero-order valence-corrected chi connectivity index (χ0v) is 13.1. The van der Waals surface area contributed by atoms with E-state index >= 15 is 0 Å². The monoisotopic (exact) mass is 292 g/mol. The second-order valence-corrected chi connectivity index (χ2v) is 5.64. The average Bonchev–Trinajstić information content (AvgIpc) is 2.66. The molecule has 1 aromatic rings. The minimum atomic E-state index is 0.0147. The van der Waals surface area contributed by atoms with E-state index in [4.69, 9.17) is 4.42 Å². The molecule has 0 saturated carbocycles. The zero-order valence-electron chi connectivity index (χ0n) is 13.1. The Morgan fingerprint density at radius 2 is 2.10 bits per heavy atom. The highest BCUT2D eigenvalue weighted by molar-refractivity contribution is 5.95. The molecule has 0 aromatic carbocycles. The molecule has 0 radical (unpaired) electrons. The van der Waals surface area contributed by atoms with E-state index in [2.05, 4.69) is 5.32 Å². The summed E-state index contributed by atoms with van der Waals surface area (Å²) in [5, 5.41) is 2.87. The van der Waals surface area contributed by atoms with Crippen LogP contribution in [0.15, 0.2) is 10.5 Å². The molecule has 2 heterocycles. The van der Waals surface area contributed by atoms with Gasteiger partial charge in [-0.15, -0.1) is 0 Å². The van der Waals surface area contributed by atoms with E-state index in [9.17, 15) is 9.59 Å². The third kappa shape index (κ3) is 3.65. The Bertz CT molecular complexity index is 522. The number of amides is 2. The first-order valence-electron chi connectivity index (χ1n) is 7.67. The molecule has 5 heteroatoms. The molecule has 2 amide bonds. The zero-order chi connectivity index (χ0) is 15.4. The summed E-state index contributed by atoms with van der Waals surface area (Å²) < 4.78 is 5.44. The Morgan fingerprint density at radius 3 is 2.71 bits per heavy atom. The lowest BCUT2D eigenvalue weighted by Gasteiger charge is -2.20. The molecule has 21 heavy (non-hydrogen) atoms. The van der Waals surface area contributed by atoms with Gasteiger partial charge in [0.25, 0.3) is 5.91 Å². The summed E-state index contributed by atoms with van der Waals surface area (Å²) in [4.78, 5) is 26.3. The van der Waals surface area contributed by atoms with Crippen molar-refractivity contribution < 1.29 is 14.0 Å². The number of furan rings is 1. The minimum Gasteiger partial charge on any atom is -0.466 e. The van der Waals surface area contributed by atoms with Crippen LogP contribution in [0.4, 0.5) is 0 Å². The van der Waals surface area contributed by atoms with Crippen LogP contribution in [0.2, 0.25) is 0 Å². The molecule has 0 spiro atoms. The largest absolute Gasteiger partial charge is 0.466 e. The Kier molecular flexibility index (Phi) is 5.04. The second-order valence-electron chi connectivity index (χ2n) is 5.64. The lowest BCUT2D eigenvalue weighted by atomic mass is 10.00. The first-order chi connectivity index (χ1) is 10.0. The van der Waals surface area contributed by atoms with Crippen molar-refractivity contribution in [2.45, 2.75) is 40.0 Å². The van der Waals surface area contributed by atoms with Crippen molar-refractivity contribution in [3.63, 3.8) is 0 Å². The fourth-order valence-electron chi connectivity index (χ4n) is 2.89. The van der Waals surface area contributed by atoms with Gasteiger partial charge in [0, 0.05) is 25.6 Å². The average molecular weight is 292 g/mol. The highest BCUT2D eigenvalue weighted by Crippen LogP contribution is 2.21. The third-order valence-corrected chi connectivity index (χ3v) is 4.01. The summed E-state index contributed by atoms with van der Waals surface area (Å²) in [6.45, 7) is 7.58. The normalized spacial score (nSPS) is 19.2. The molecular formula is C16H24N2O3. The number of hydrogen-bond donors (Lipinski definition) is 1. The van der Waals surface area contributed by atoms with Gasteiger partial charge in [-0.05, 0) is 46.1 Å². The fraction of sp³-hybridized carbons (Fsp3) is 0.625. The van der Waals surface area contributed by atoms with E-state index < -0.39 is 0 Å². The second kappa shape index (κ2) is 6.78. The smallest absolute Gasteiger partial charge is 0.257 e. The van der Waals surface area contributed by atoms with Gasteiger partial charge < -0.3 is 14.6 Å². The van der Waals surface area contributed by atoms with Crippen LogP contribution < -0.4 is 5.32 Å². The number of nitrogens with zero attached hydrogens (tertiary/aromatic N) is 1. The van der Waals surface area contributed by atoms with Gasteiger partial charge in [0.2, 0.25) is 5.91 Å². The summed E-state index contributed by atoms with van der Waals surface area (Å²) in [6.07, 6.45) is 2.44. The lowest BCUT2D eigenvalue weighted by molar-refractivity contribution is -0.125. The Morgan fingerprint density at radius 1 is 1.33 bits per heavy atom. The quantitative estimate of drug-likeness (QED) is 0.929. The topological polar surface area (TPSA) is 62.6 Å². The van der Waals surface area contributed by atoms with Gasteiger partial charge in [0.1, 0.15) is 11.5 Å². The first kappa shape index (κ1) is 15.6. The van der Waals surface area contributed by atoms with Crippen molar-refractivity contribution >= 4 is 11.8 Å². The molecule has 1 N–H and O–H groups in total. The van der Waals surface area contributed by atoms with Crippen molar-refractivity contribution in [3.05, 3.63) is 23.2 Å². The fourth-order valence-corrected chi connectivity index (χ4v) is 2.89. The molecule has 1 saturated heterocycles. The Labute approximate surface area is 125 Å². The van der Waals surface area contributed by atoms with Crippen molar-refractivity contribution in [3.8, 4) is 0 Å². The van der Waals surface area contributed by atoms with Gasteiger partial charge in [0.05, 0.1) is 5.56 Å². The van der Waals surface area contributed by atoms with Crippen LogP contribution in [0.5, 0.6) is 0 Å². The molecule has 0 bridgehead atoms. The summed E-state index contributed by atoms with van der Waals surface area (Å²) in [7, 11) is 0. The summed E-state index contributed by atoms with van der Waals surface area (Å²) in [5.41, 5.74) is 0.643. The molecule has 1 fully saturated rings. The van der Waals surface area contributed by atoms with Crippen LogP contribution in [0.25, 0.3) is 0 Å². The standard InChI is InChI=1S/C16H24N2O3/c1-4-17-15(19)13-6-5-8-18(9-7-13)16(20)14-10-11(2)21-12(14)3/h10,13H,4-9H2,1-3H3,(H,17,19). The van der Waals surface area contributed by atoms with Gasteiger partial charge in [0.15, 0.2) is 0 Å². The van der Waals surface area contributed by atoms with E-state index in [1.54, 1.807) is 6.07 Å². The van der Waals surface area contributed by atoms with Gasteiger partial charge in [-0.25, -0.2) is 0 Å². The van der Waals surface area contributed by atoms with E-state index in [0.29, 0.717) is 31.0 Å². The number of hydrogen-bond acceptors (Lipinski definition) is 3. The van der Waals surface area contributed by atoms with Crippen LogP contribution in [0.1, 0.15) is 48.1 Å². The van der Waals surface area contributed by atoms with E-state index in [1.807, 2.05) is 25.7 Å². The molecule has 1 aromatic heterocycles. The van der Waals surface area contributed by atoms with Gasteiger partial charge >= 0.3 is 0 Å². The Balaban J connectivity index is 2.01. The van der Waals surface area contributed by atoms with Gasteiger partial charge in [-0.1, -0.05) is 0 Å². The summed E-state index contributed by atoms with van der Waals surface area (Å²) >= 11 is 0. The first-order valence-corrected chi connectivity index (χ1v) is 7.67. The predicted octanol–water partition coefficient (Wildman–Crippen LogP) is 2.27. The maximum absolute atomic E-state index is 12.6. The highest BCUT2D eigenvalue weighted by Gasteiger charge is 2.26. The van der Waals surface area contributed by atoms with Crippen LogP contribution in [-0.4, -0.2) is 36.3 Å². The molecule has 5 nitrogen and oxygen atoms in total. The van der Waals surface area contributed by atoms with E-state index in [0.717, 1.165) is 25.0 Å². The molecule has 2 rings (SSSR count). The lowest BCUT2D eigenvalue weighted by Crippen LogP contribution is -2.34. The molecule has 1 atom stereocenters. The third-order valence-electron chi connectivity index (χ3n) is 4.01. The maximum Gasteiger partial charge on any atom is 0.257 e. The number of aryl methyl sites for hydroxylation is 2. The summed E-state index contributed by atoms with van der Waals surface area (Å²) in [5.74, 6) is 1.57. The van der Waals surface area contributed by atoms with Crippen molar-refractivity contribution in [1.82, 2.24) is 10.2 Å². The van der Waals surface area contributed by atoms with Crippen molar-refractivity contribution in [2.24, 2.45) is 5.92 Å². The number of rotatable bonds is 3. The van der Waals surface area contributed by atoms with Crippen LogP contribution in [-0.2, 0) is 4.79 Å². The SMILES string of the molecule is CCNC(=O)C1CCCN(C(=O)c2cc(C)oc2C)CC1. The van der Waals surface area contributed by atoms with Crippen LogP contribution in [0, 0.1) is 19.8 Å². The molecular weight excluding hydrogens is 268 g/mol. The molecule has 1 unspecified atom stereocenters. The van der Waals surface area contributed by atoms with Crippen LogP contribution in [0.3, 0.4) is 0 Å². The minimum absolute atomic E-state index is 0.0147. The number of carbonyl (C=O) groups excluding carboxylic acids is 2. The van der Waals surface area contributed by atoms with E-state index in [1.165, 1.54) is 0 Å². The molecule has 1 aliphatic heterocycles. The number of likely N-dealkylation sites (tertiary alicyclic amines) is 1. The highest BCUT2D eigenvalue weighted by atomic mass is 16.3. The molecule has 0 aliphatic carbocycles. The number of carbonyl (C=O) groups is 2. The number of nitrogens with one attached hydrogen (secondary N) is 1. The van der Waals surface area contributed by atoms with E-state index in [-0.39, 0.29) is 17.7 Å². The predicted molar refractivity (Wildman–Crippen MR) is 80.1 cm³/mol. The van der Waals surface area contributed by atoms with Gasteiger partial charge in [-0.3, -0.25) is 9.59 Å². The van der Waals surface area contributed by atoms with Gasteiger partial charge in [-0.2, -0.15) is 0 Å².